The van der Waals surface area contributed by atoms with Crippen LogP contribution in [0.15, 0.2) is 0 Å². The summed E-state index contributed by atoms with van der Waals surface area (Å²) in [5.41, 5.74) is 5.87. The first-order valence-electron chi connectivity index (χ1n) is 7.41. The van der Waals surface area contributed by atoms with Crippen LogP contribution in [0.1, 0.15) is 0 Å². The van der Waals surface area contributed by atoms with Crippen LogP contribution in [0.2, 0.25) is 0 Å². The molecule has 3 heterocycles. The van der Waals surface area contributed by atoms with Gasteiger partial charge in [-0.1, -0.05) is 0 Å². The molecule has 0 aromatic rings. The third-order valence-corrected chi connectivity index (χ3v) is 5.01. The maximum atomic E-state index is 11.7. The lowest BCUT2D eigenvalue weighted by Gasteiger charge is -2.43. The van der Waals surface area contributed by atoms with Crippen molar-refractivity contribution in [1.29, 1.82) is 0 Å². The van der Waals surface area contributed by atoms with E-state index in [1.165, 1.54) is 0 Å². The molecule has 13 nitrogen and oxygen atoms in total. The Kier molecular flexibility index (Phi) is 5.26. The molecule has 0 bridgehead atoms. The van der Waals surface area contributed by atoms with E-state index in [-0.39, 0.29) is 30.6 Å². The number of hydrogen-bond donors (Lipinski definition) is 8. The first-order chi connectivity index (χ1) is 11.2. The van der Waals surface area contributed by atoms with Crippen molar-refractivity contribution in [3.8, 4) is 0 Å². The summed E-state index contributed by atoms with van der Waals surface area (Å²) < 4.78 is 20.6. The second-order valence-corrected chi connectivity index (χ2v) is 7.29. The third kappa shape index (κ3) is 3.50. The Morgan fingerprint density at radius 1 is 1.38 bits per heavy atom. The lowest BCUT2D eigenvalue weighted by Crippen LogP contribution is -3.19. The molecule has 9 N–H and O–H groups in total. The Labute approximate surface area is 137 Å². The zero-order chi connectivity index (χ0) is 17.6. The summed E-state index contributed by atoms with van der Waals surface area (Å²) in [6, 6.07) is -0.371. The Morgan fingerprint density at radius 2 is 2.08 bits per heavy atom. The molecule has 3 aliphatic heterocycles. The molecule has 3 saturated heterocycles. The molecule has 0 spiro atoms. The van der Waals surface area contributed by atoms with E-state index in [0.717, 1.165) is 0 Å². The van der Waals surface area contributed by atoms with Gasteiger partial charge in [0.1, 0.15) is 37.3 Å². The monoisotopic (exact) mass is 371 g/mol. The topological polar surface area (TPSA) is 197 Å². The maximum absolute atomic E-state index is 11.7. The highest BCUT2D eigenvalue weighted by molar-refractivity contribution is 7.46. The second-order valence-electron chi connectivity index (χ2n) is 6.05. The molecule has 0 radical (unpaired) electrons. The molecule has 24 heavy (non-hydrogen) atoms. The van der Waals surface area contributed by atoms with Gasteiger partial charge in [0.25, 0.3) is 0 Å². The largest absolute Gasteiger partial charge is 0.632 e. The Balaban J connectivity index is 1.66. The molecule has 3 rings (SSSR count). The standard InChI is InChI=1S/C10H22N5O8P/c11-8-5-9(13-3-15(8)18)14(2-12-5)10-7(17)6(16)4(23-10)1-22-24(19,20)21/h4-10,12-13,15-17H,1-3,11H2,(H2,19,20,21)/t4-,5?,6-,7-,8?,9?,10-/m1/s1. The fourth-order valence-corrected chi connectivity index (χ4v) is 3.62. The van der Waals surface area contributed by atoms with Gasteiger partial charge < -0.3 is 35.0 Å². The predicted octanol–water partition coefficient (Wildman–Crippen LogP) is -5.67. The van der Waals surface area contributed by atoms with E-state index < -0.39 is 45.1 Å². The molecule has 0 aliphatic carbocycles. The maximum Gasteiger partial charge on any atom is 0.469 e. The minimum Gasteiger partial charge on any atom is -0.632 e. The van der Waals surface area contributed by atoms with Gasteiger partial charge in [-0.15, -0.1) is 0 Å². The van der Waals surface area contributed by atoms with Crippen molar-refractivity contribution < 1.29 is 38.9 Å². The van der Waals surface area contributed by atoms with Crippen molar-refractivity contribution in [2.24, 2.45) is 5.73 Å². The summed E-state index contributed by atoms with van der Waals surface area (Å²) >= 11 is 0. The molecule has 140 valence electrons. The molecule has 0 amide bonds. The van der Waals surface area contributed by atoms with Gasteiger partial charge in [-0.25, -0.2) is 9.46 Å². The van der Waals surface area contributed by atoms with Crippen molar-refractivity contribution in [2.75, 3.05) is 19.9 Å². The van der Waals surface area contributed by atoms with Gasteiger partial charge in [0.2, 0.25) is 0 Å². The SMILES string of the molecule is NC1C2NCN([C@@H]3O[C@H](COP(=O)(O)O)[C@@H](O)[C@H]3O)C2NC[NH+]1[O-]. The van der Waals surface area contributed by atoms with Crippen LogP contribution in [0, 0.1) is 5.21 Å². The third-order valence-electron chi connectivity index (χ3n) is 4.52. The molecule has 0 aromatic carbocycles. The zero-order valence-electron chi connectivity index (χ0n) is 12.6. The number of hydroxylamine groups is 2. The molecule has 0 saturated carbocycles. The summed E-state index contributed by atoms with van der Waals surface area (Å²) in [4.78, 5) is 19.1. The number of nitrogens with zero attached hydrogens (tertiary/aromatic N) is 1. The van der Waals surface area contributed by atoms with Crippen LogP contribution in [0.25, 0.3) is 0 Å². The summed E-state index contributed by atoms with van der Waals surface area (Å²) in [6.07, 6.45) is -5.81. The van der Waals surface area contributed by atoms with E-state index in [1.54, 1.807) is 4.90 Å². The van der Waals surface area contributed by atoms with Crippen molar-refractivity contribution >= 4 is 7.82 Å². The number of nitrogens with two attached hydrogens (primary N) is 1. The molecule has 4 unspecified atom stereocenters. The van der Waals surface area contributed by atoms with Crippen LogP contribution in [0.5, 0.6) is 0 Å². The number of phosphoric acid groups is 1. The normalized spacial score (nSPS) is 47.1. The number of hydrogen-bond acceptors (Lipinski definition) is 10. The number of rotatable bonds is 4. The lowest BCUT2D eigenvalue weighted by atomic mass is 10.1. The van der Waals surface area contributed by atoms with Crippen molar-refractivity contribution in [3.63, 3.8) is 0 Å². The van der Waals surface area contributed by atoms with E-state index in [2.05, 4.69) is 15.2 Å². The zero-order valence-corrected chi connectivity index (χ0v) is 13.5. The summed E-state index contributed by atoms with van der Waals surface area (Å²) in [7, 11) is -4.71. The average molecular weight is 371 g/mol. The molecule has 14 heteroatoms. The molecule has 3 aliphatic rings. The second kappa shape index (κ2) is 6.81. The first kappa shape index (κ1) is 18.5. The number of aliphatic hydroxyl groups is 2. The van der Waals surface area contributed by atoms with E-state index in [9.17, 15) is 20.0 Å². The van der Waals surface area contributed by atoms with Gasteiger partial charge in [-0.2, -0.15) is 0 Å². The molecule has 0 aromatic heterocycles. The smallest absolute Gasteiger partial charge is 0.469 e. The number of nitrogens with one attached hydrogen (secondary N) is 3. The van der Waals surface area contributed by atoms with Gasteiger partial charge >= 0.3 is 7.82 Å². The number of quaternary nitrogens is 1. The minimum atomic E-state index is -4.71. The highest BCUT2D eigenvalue weighted by Crippen LogP contribution is 2.37. The van der Waals surface area contributed by atoms with E-state index >= 15 is 0 Å². The first-order valence-corrected chi connectivity index (χ1v) is 8.94. The minimum absolute atomic E-state index is 0.0800. The average Bonchev–Trinajstić information content (AvgIpc) is 3.04. The van der Waals surface area contributed by atoms with Crippen LogP contribution in [0.4, 0.5) is 0 Å². The van der Waals surface area contributed by atoms with Crippen LogP contribution in [-0.4, -0.2) is 87.8 Å². The van der Waals surface area contributed by atoms with Crippen LogP contribution >= 0.6 is 7.82 Å². The Hall–Kier alpha value is -0.250. The fraction of sp³-hybridized carbons (Fsp3) is 1.00. The van der Waals surface area contributed by atoms with Gasteiger partial charge in [0.15, 0.2) is 6.17 Å². The van der Waals surface area contributed by atoms with Gasteiger partial charge in [0, 0.05) is 0 Å². The number of phosphoric ester groups is 1. The molecule has 8 atom stereocenters. The summed E-state index contributed by atoms with van der Waals surface area (Å²) in [5, 5.41) is 37.8. The molecular formula is C10H22N5O8P. The van der Waals surface area contributed by atoms with Gasteiger partial charge in [0.05, 0.1) is 19.4 Å². The van der Waals surface area contributed by atoms with Crippen LogP contribution < -0.4 is 21.4 Å². The van der Waals surface area contributed by atoms with Crippen LogP contribution in [0.3, 0.4) is 0 Å². The van der Waals surface area contributed by atoms with Crippen LogP contribution in [-0.2, 0) is 13.8 Å². The van der Waals surface area contributed by atoms with Crippen molar-refractivity contribution in [2.45, 2.75) is 42.9 Å². The lowest BCUT2D eigenvalue weighted by molar-refractivity contribution is -0.886. The van der Waals surface area contributed by atoms with Gasteiger partial charge in [-0.3, -0.25) is 20.9 Å². The van der Waals surface area contributed by atoms with E-state index in [4.69, 9.17) is 20.3 Å². The quantitative estimate of drug-likeness (QED) is 0.172. The van der Waals surface area contributed by atoms with E-state index in [1.807, 2.05) is 0 Å². The molecular weight excluding hydrogens is 349 g/mol. The number of ether oxygens (including phenoxy) is 1. The highest BCUT2D eigenvalue weighted by Gasteiger charge is 2.53. The summed E-state index contributed by atoms with van der Waals surface area (Å²) in [6.45, 7) is -0.236. The van der Waals surface area contributed by atoms with Crippen molar-refractivity contribution in [3.05, 3.63) is 5.21 Å². The molecule has 3 fully saturated rings. The fourth-order valence-electron chi connectivity index (χ4n) is 3.28. The van der Waals surface area contributed by atoms with E-state index in [0.29, 0.717) is 0 Å². The number of fused-ring (bicyclic) bond motifs is 1. The Morgan fingerprint density at radius 3 is 2.75 bits per heavy atom. The van der Waals surface area contributed by atoms with Gasteiger partial charge in [-0.05, 0) is 0 Å². The highest BCUT2D eigenvalue weighted by atomic mass is 31.2. The summed E-state index contributed by atoms with van der Waals surface area (Å²) in [5.74, 6) is 0. The predicted molar refractivity (Wildman–Crippen MR) is 76.4 cm³/mol. The number of aliphatic hydroxyl groups excluding tert-OH is 2. The van der Waals surface area contributed by atoms with Crippen molar-refractivity contribution in [1.82, 2.24) is 15.5 Å². The Bertz CT molecular complexity index is 510.